The van der Waals surface area contributed by atoms with Crippen molar-refractivity contribution in [2.45, 2.75) is 31.1 Å². The normalized spacial score (nSPS) is 18.8. The third-order valence-electron chi connectivity index (χ3n) is 3.32. The topological polar surface area (TPSA) is 48.1 Å². The molecule has 0 spiro atoms. The highest BCUT2D eigenvalue weighted by Crippen LogP contribution is 2.42. The minimum atomic E-state index is 0.210. The molecule has 1 aromatic heterocycles. The molecule has 3 nitrogen and oxygen atoms in total. The molecule has 1 saturated carbocycles. The Balaban J connectivity index is 2.05. The van der Waals surface area contributed by atoms with E-state index >= 15 is 0 Å². The van der Waals surface area contributed by atoms with Gasteiger partial charge in [0.15, 0.2) is 0 Å². The first-order chi connectivity index (χ1) is 7.30. The van der Waals surface area contributed by atoms with Crippen molar-refractivity contribution in [3.05, 3.63) is 16.1 Å². The fourth-order valence-electron chi connectivity index (χ4n) is 2.03. The van der Waals surface area contributed by atoms with Crippen molar-refractivity contribution in [2.75, 3.05) is 20.3 Å². The molecule has 0 unspecified atom stereocenters. The summed E-state index contributed by atoms with van der Waals surface area (Å²) in [5.74, 6) is 0. The Bertz CT molecular complexity index is 315. The number of nitrogens with zero attached hydrogens (tertiary/aromatic N) is 1. The van der Waals surface area contributed by atoms with Gasteiger partial charge in [0, 0.05) is 30.9 Å². The number of hydrogen-bond acceptors (Lipinski definition) is 4. The number of rotatable bonds is 5. The van der Waals surface area contributed by atoms with Crippen LogP contribution < -0.4 is 5.73 Å². The summed E-state index contributed by atoms with van der Waals surface area (Å²) in [5.41, 5.74) is 7.28. The molecule has 84 valence electrons. The van der Waals surface area contributed by atoms with Gasteiger partial charge in [0.05, 0.1) is 17.3 Å². The fourth-order valence-corrected chi connectivity index (χ4v) is 2.93. The highest BCUT2D eigenvalue weighted by atomic mass is 32.1. The lowest BCUT2D eigenvalue weighted by Crippen LogP contribution is -2.41. The molecule has 1 aliphatic carbocycles. The van der Waals surface area contributed by atoms with Crippen molar-refractivity contribution in [2.24, 2.45) is 5.73 Å². The van der Waals surface area contributed by atoms with E-state index in [0.717, 1.165) is 19.6 Å². The van der Waals surface area contributed by atoms with E-state index in [0.29, 0.717) is 0 Å². The Morgan fingerprint density at radius 2 is 2.40 bits per heavy atom. The first kappa shape index (κ1) is 11.0. The summed E-state index contributed by atoms with van der Waals surface area (Å²) < 4.78 is 5.05. The minimum absolute atomic E-state index is 0.210. The SMILES string of the molecule is COCCc1nc(C2(CN)CCC2)cs1. The maximum absolute atomic E-state index is 5.85. The predicted molar refractivity (Wildman–Crippen MR) is 62.3 cm³/mol. The van der Waals surface area contributed by atoms with E-state index in [1.165, 1.54) is 30.0 Å². The van der Waals surface area contributed by atoms with Gasteiger partial charge in [0.1, 0.15) is 0 Å². The van der Waals surface area contributed by atoms with Crippen LogP contribution in [0.2, 0.25) is 0 Å². The molecule has 15 heavy (non-hydrogen) atoms. The molecule has 1 aromatic rings. The number of hydrogen-bond donors (Lipinski definition) is 1. The summed E-state index contributed by atoms with van der Waals surface area (Å²) in [6, 6.07) is 0. The van der Waals surface area contributed by atoms with E-state index in [4.69, 9.17) is 10.5 Å². The average molecular weight is 226 g/mol. The van der Waals surface area contributed by atoms with Crippen LogP contribution in [0.5, 0.6) is 0 Å². The van der Waals surface area contributed by atoms with E-state index in [1.807, 2.05) is 0 Å². The molecule has 0 radical (unpaired) electrons. The van der Waals surface area contributed by atoms with Crippen LogP contribution in [0.25, 0.3) is 0 Å². The summed E-state index contributed by atoms with van der Waals surface area (Å²) in [4.78, 5) is 4.67. The summed E-state index contributed by atoms with van der Waals surface area (Å²) >= 11 is 1.73. The van der Waals surface area contributed by atoms with Crippen LogP contribution >= 0.6 is 11.3 Å². The lowest BCUT2D eigenvalue weighted by molar-refractivity contribution is 0.201. The van der Waals surface area contributed by atoms with Crippen molar-refractivity contribution in [3.63, 3.8) is 0 Å². The Hall–Kier alpha value is -0.450. The van der Waals surface area contributed by atoms with Gasteiger partial charge in [-0.1, -0.05) is 6.42 Å². The van der Waals surface area contributed by atoms with E-state index < -0.39 is 0 Å². The molecule has 0 bridgehead atoms. The second kappa shape index (κ2) is 4.60. The van der Waals surface area contributed by atoms with Crippen LogP contribution in [0.3, 0.4) is 0 Å². The number of thiazole rings is 1. The Labute approximate surface area is 94.7 Å². The zero-order valence-corrected chi connectivity index (χ0v) is 9.98. The van der Waals surface area contributed by atoms with Crippen molar-refractivity contribution in [1.82, 2.24) is 4.98 Å². The van der Waals surface area contributed by atoms with E-state index in [-0.39, 0.29) is 5.41 Å². The minimum Gasteiger partial charge on any atom is -0.384 e. The standard InChI is InChI=1S/C11H18N2OS/c1-14-6-3-10-13-9(7-15-10)11(8-12)4-2-5-11/h7H,2-6,8,12H2,1H3. The molecule has 1 fully saturated rings. The van der Waals surface area contributed by atoms with Crippen LogP contribution in [-0.4, -0.2) is 25.2 Å². The number of nitrogens with two attached hydrogens (primary N) is 1. The van der Waals surface area contributed by atoms with Crippen LogP contribution in [0, 0.1) is 0 Å². The largest absolute Gasteiger partial charge is 0.384 e. The van der Waals surface area contributed by atoms with E-state index in [9.17, 15) is 0 Å². The van der Waals surface area contributed by atoms with Gasteiger partial charge in [-0.3, -0.25) is 0 Å². The average Bonchev–Trinajstić information content (AvgIpc) is 2.63. The van der Waals surface area contributed by atoms with Gasteiger partial charge in [-0.05, 0) is 12.8 Å². The summed E-state index contributed by atoms with van der Waals surface area (Å²) in [5, 5.41) is 3.35. The van der Waals surface area contributed by atoms with Gasteiger partial charge in [-0.25, -0.2) is 4.98 Å². The van der Waals surface area contributed by atoms with Crippen LogP contribution in [0.4, 0.5) is 0 Å². The molecule has 0 aliphatic heterocycles. The van der Waals surface area contributed by atoms with Crippen molar-refractivity contribution < 1.29 is 4.74 Å². The smallest absolute Gasteiger partial charge is 0.0951 e. The van der Waals surface area contributed by atoms with Crippen molar-refractivity contribution in [1.29, 1.82) is 0 Å². The number of methoxy groups -OCH3 is 1. The third kappa shape index (κ3) is 2.07. The first-order valence-corrected chi connectivity index (χ1v) is 6.32. The van der Waals surface area contributed by atoms with E-state index in [2.05, 4.69) is 10.4 Å². The summed E-state index contributed by atoms with van der Waals surface area (Å²) in [6.07, 6.45) is 4.62. The molecule has 4 heteroatoms. The van der Waals surface area contributed by atoms with Crippen LogP contribution in [-0.2, 0) is 16.6 Å². The molecule has 0 saturated heterocycles. The second-order valence-electron chi connectivity index (χ2n) is 4.21. The predicted octanol–water partition coefficient (Wildman–Crippen LogP) is 1.71. The maximum Gasteiger partial charge on any atom is 0.0951 e. The number of aromatic nitrogens is 1. The Morgan fingerprint density at radius 3 is 2.93 bits per heavy atom. The summed E-state index contributed by atoms with van der Waals surface area (Å²) in [7, 11) is 1.72. The Morgan fingerprint density at radius 1 is 1.60 bits per heavy atom. The van der Waals surface area contributed by atoms with Crippen LogP contribution in [0.15, 0.2) is 5.38 Å². The summed E-state index contributed by atoms with van der Waals surface area (Å²) in [6.45, 7) is 1.49. The lowest BCUT2D eigenvalue weighted by atomic mass is 9.67. The first-order valence-electron chi connectivity index (χ1n) is 5.45. The molecular formula is C11H18N2OS. The molecule has 1 aliphatic rings. The van der Waals surface area contributed by atoms with Crippen LogP contribution in [0.1, 0.15) is 30.0 Å². The maximum atomic E-state index is 5.85. The molecule has 2 N–H and O–H groups in total. The molecule has 0 amide bonds. The monoisotopic (exact) mass is 226 g/mol. The quantitative estimate of drug-likeness (QED) is 0.831. The van der Waals surface area contributed by atoms with Gasteiger partial charge in [-0.2, -0.15) is 0 Å². The lowest BCUT2D eigenvalue weighted by Gasteiger charge is -2.39. The van der Waals surface area contributed by atoms with Gasteiger partial charge in [0.2, 0.25) is 0 Å². The van der Waals surface area contributed by atoms with Gasteiger partial charge < -0.3 is 10.5 Å². The molecule has 0 atom stereocenters. The highest BCUT2D eigenvalue weighted by molar-refractivity contribution is 7.09. The number of ether oxygens (including phenoxy) is 1. The fraction of sp³-hybridized carbons (Fsp3) is 0.727. The second-order valence-corrected chi connectivity index (χ2v) is 5.15. The Kier molecular flexibility index (Phi) is 3.38. The van der Waals surface area contributed by atoms with Gasteiger partial charge in [-0.15, -0.1) is 11.3 Å². The van der Waals surface area contributed by atoms with Crippen molar-refractivity contribution in [3.8, 4) is 0 Å². The van der Waals surface area contributed by atoms with Gasteiger partial charge >= 0.3 is 0 Å². The zero-order chi connectivity index (χ0) is 10.7. The zero-order valence-electron chi connectivity index (χ0n) is 9.16. The highest BCUT2D eigenvalue weighted by Gasteiger charge is 2.39. The van der Waals surface area contributed by atoms with Crippen molar-refractivity contribution >= 4 is 11.3 Å². The molecule has 0 aromatic carbocycles. The molecule has 1 heterocycles. The molecule has 2 rings (SSSR count). The molecular weight excluding hydrogens is 208 g/mol. The van der Waals surface area contributed by atoms with E-state index in [1.54, 1.807) is 18.4 Å². The third-order valence-corrected chi connectivity index (χ3v) is 4.23. The van der Waals surface area contributed by atoms with Gasteiger partial charge in [0.25, 0.3) is 0 Å².